The quantitative estimate of drug-likeness (QED) is 0.825. The molecule has 20 heavy (non-hydrogen) atoms. The van der Waals surface area contributed by atoms with Gasteiger partial charge in [0.2, 0.25) is 0 Å². The number of halogens is 1. The summed E-state index contributed by atoms with van der Waals surface area (Å²) in [6, 6.07) is 7.81. The van der Waals surface area contributed by atoms with E-state index < -0.39 is 0 Å². The summed E-state index contributed by atoms with van der Waals surface area (Å²) in [6.45, 7) is 0.863. The van der Waals surface area contributed by atoms with Gasteiger partial charge in [0.1, 0.15) is 5.82 Å². The Hall–Kier alpha value is -0.930. The number of nitrogens with zero attached hydrogens (tertiary/aromatic N) is 1. The van der Waals surface area contributed by atoms with Crippen molar-refractivity contribution in [1.82, 2.24) is 10.2 Å². The Bertz CT molecular complexity index is 400. The van der Waals surface area contributed by atoms with E-state index in [1.54, 1.807) is 12.1 Å². The van der Waals surface area contributed by atoms with Crippen LogP contribution in [0.1, 0.15) is 50.1 Å². The Morgan fingerprint density at radius 1 is 1.20 bits per heavy atom. The SMILES string of the molecule is CNC(CN(C)C1CCCCCC1)c1ccccc1F. The first-order chi connectivity index (χ1) is 9.72. The minimum atomic E-state index is -0.110. The van der Waals surface area contributed by atoms with Gasteiger partial charge in [0, 0.05) is 24.2 Å². The molecule has 1 atom stereocenters. The van der Waals surface area contributed by atoms with E-state index in [0.717, 1.165) is 12.1 Å². The highest BCUT2D eigenvalue weighted by atomic mass is 19.1. The molecule has 0 saturated heterocycles. The molecule has 2 nitrogen and oxygen atoms in total. The highest BCUT2D eigenvalue weighted by molar-refractivity contribution is 5.21. The molecule has 0 radical (unpaired) electrons. The maximum absolute atomic E-state index is 13.9. The first kappa shape index (κ1) is 15.5. The summed E-state index contributed by atoms with van der Waals surface area (Å²) in [6.07, 6.45) is 7.96. The van der Waals surface area contributed by atoms with Crippen LogP contribution in [0.5, 0.6) is 0 Å². The predicted molar refractivity (Wildman–Crippen MR) is 82.3 cm³/mol. The van der Waals surface area contributed by atoms with Crippen molar-refractivity contribution in [2.75, 3.05) is 20.6 Å². The van der Waals surface area contributed by atoms with Crippen LogP contribution >= 0.6 is 0 Å². The van der Waals surface area contributed by atoms with Crippen molar-refractivity contribution in [3.05, 3.63) is 35.6 Å². The van der Waals surface area contributed by atoms with Crippen molar-refractivity contribution in [1.29, 1.82) is 0 Å². The molecule has 3 heteroatoms. The summed E-state index contributed by atoms with van der Waals surface area (Å²) in [5.41, 5.74) is 0.774. The van der Waals surface area contributed by atoms with E-state index in [1.165, 1.54) is 38.5 Å². The Kier molecular flexibility index (Phi) is 5.99. The summed E-state index contributed by atoms with van der Waals surface area (Å²) in [5.74, 6) is -0.110. The van der Waals surface area contributed by atoms with Crippen LogP contribution in [0.15, 0.2) is 24.3 Å². The maximum Gasteiger partial charge on any atom is 0.128 e. The number of rotatable bonds is 5. The van der Waals surface area contributed by atoms with Gasteiger partial charge < -0.3 is 10.2 Å². The predicted octanol–water partition coefficient (Wildman–Crippen LogP) is 3.74. The third kappa shape index (κ3) is 4.03. The van der Waals surface area contributed by atoms with Gasteiger partial charge >= 0.3 is 0 Å². The second kappa shape index (κ2) is 7.75. The summed E-state index contributed by atoms with van der Waals surface area (Å²) in [5, 5.41) is 3.26. The molecule has 1 unspecified atom stereocenters. The molecule has 1 saturated carbocycles. The number of likely N-dealkylation sites (N-methyl/N-ethyl adjacent to an activating group) is 2. The molecular formula is C17H27FN2. The van der Waals surface area contributed by atoms with E-state index >= 15 is 0 Å². The van der Waals surface area contributed by atoms with Gasteiger partial charge in [-0.2, -0.15) is 0 Å². The Morgan fingerprint density at radius 3 is 2.45 bits per heavy atom. The minimum Gasteiger partial charge on any atom is -0.312 e. The first-order valence-corrected chi connectivity index (χ1v) is 7.84. The van der Waals surface area contributed by atoms with Crippen molar-refractivity contribution in [2.45, 2.75) is 50.6 Å². The molecule has 1 aromatic carbocycles. The zero-order chi connectivity index (χ0) is 14.4. The van der Waals surface area contributed by atoms with Crippen LogP contribution in [0.3, 0.4) is 0 Å². The third-order valence-corrected chi connectivity index (χ3v) is 4.55. The summed E-state index contributed by atoms with van der Waals surface area (Å²) >= 11 is 0. The summed E-state index contributed by atoms with van der Waals surface area (Å²) in [7, 11) is 4.10. The molecule has 0 heterocycles. The fraction of sp³-hybridized carbons (Fsp3) is 0.647. The second-order valence-corrected chi connectivity index (χ2v) is 5.95. The van der Waals surface area contributed by atoms with Gasteiger partial charge in [-0.3, -0.25) is 0 Å². The van der Waals surface area contributed by atoms with E-state index in [9.17, 15) is 4.39 Å². The summed E-state index contributed by atoms with van der Waals surface area (Å²) < 4.78 is 13.9. The lowest BCUT2D eigenvalue weighted by Gasteiger charge is -2.31. The number of nitrogens with one attached hydrogen (secondary N) is 1. The van der Waals surface area contributed by atoms with Crippen LogP contribution in [0.4, 0.5) is 4.39 Å². The van der Waals surface area contributed by atoms with Crippen LogP contribution < -0.4 is 5.32 Å². The van der Waals surface area contributed by atoms with E-state index in [2.05, 4.69) is 17.3 Å². The first-order valence-electron chi connectivity index (χ1n) is 7.84. The van der Waals surface area contributed by atoms with E-state index in [-0.39, 0.29) is 11.9 Å². The van der Waals surface area contributed by atoms with Gasteiger partial charge in [-0.1, -0.05) is 43.9 Å². The Balaban J connectivity index is 2.00. The molecule has 2 rings (SSSR count). The van der Waals surface area contributed by atoms with Gasteiger partial charge in [0.25, 0.3) is 0 Å². The number of hydrogen-bond acceptors (Lipinski definition) is 2. The van der Waals surface area contributed by atoms with Crippen LogP contribution in [-0.4, -0.2) is 31.6 Å². The highest BCUT2D eigenvalue weighted by Gasteiger charge is 2.21. The largest absolute Gasteiger partial charge is 0.312 e. The second-order valence-electron chi connectivity index (χ2n) is 5.95. The zero-order valence-electron chi connectivity index (χ0n) is 12.7. The molecule has 1 N–H and O–H groups in total. The normalized spacial score (nSPS) is 19.0. The standard InChI is InChI=1S/C17H27FN2/c1-19-17(15-11-7-8-12-16(15)18)13-20(2)14-9-5-3-4-6-10-14/h7-8,11-12,14,17,19H,3-6,9-10,13H2,1-2H3. The lowest BCUT2D eigenvalue weighted by molar-refractivity contribution is 0.200. The molecule has 0 aromatic heterocycles. The molecular weight excluding hydrogens is 251 g/mol. The molecule has 112 valence electrons. The topological polar surface area (TPSA) is 15.3 Å². The fourth-order valence-corrected chi connectivity index (χ4v) is 3.24. The molecule has 0 amide bonds. The average molecular weight is 278 g/mol. The minimum absolute atomic E-state index is 0.0597. The third-order valence-electron chi connectivity index (χ3n) is 4.55. The Morgan fingerprint density at radius 2 is 1.85 bits per heavy atom. The van der Waals surface area contributed by atoms with Crippen LogP contribution in [0, 0.1) is 5.82 Å². The van der Waals surface area contributed by atoms with Crippen molar-refractivity contribution in [3.8, 4) is 0 Å². The van der Waals surface area contributed by atoms with Gasteiger partial charge in [0.15, 0.2) is 0 Å². The van der Waals surface area contributed by atoms with E-state index in [0.29, 0.717) is 6.04 Å². The monoisotopic (exact) mass is 278 g/mol. The lowest BCUT2D eigenvalue weighted by Crippen LogP contribution is -2.38. The average Bonchev–Trinajstić information content (AvgIpc) is 2.74. The van der Waals surface area contributed by atoms with Gasteiger partial charge in [-0.05, 0) is 33.0 Å². The molecule has 0 bridgehead atoms. The van der Waals surface area contributed by atoms with Crippen molar-refractivity contribution in [3.63, 3.8) is 0 Å². The summed E-state index contributed by atoms with van der Waals surface area (Å²) in [4.78, 5) is 2.42. The molecule has 1 aromatic rings. The Labute approximate surface area is 122 Å². The van der Waals surface area contributed by atoms with Crippen LogP contribution in [-0.2, 0) is 0 Å². The van der Waals surface area contributed by atoms with Gasteiger partial charge in [-0.25, -0.2) is 4.39 Å². The van der Waals surface area contributed by atoms with Crippen LogP contribution in [0.25, 0.3) is 0 Å². The molecule has 0 spiro atoms. The van der Waals surface area contributed by atoms with Gasteiger partial charge in [0.05, 0.1) is 0 Å². The van der Waals surface area contributed by atoms with E-state index in [1.807, 2.05) is 19.2 Å². The number of benzene rings is 1. The van der Waals surface area contributed by atoms with E-state index in [4.69, 9.17) is 0 Å². The zero-order valence-corrected chi connectivity index (χ0v) is 12.7. The fourth-order valence-electron chi connectivity index (χ4n) is 3.24. The van der Waals surface area contributed by atoms with Crippen molar-refractivity contribution in [2.24, 2.45) is 0 Å². The molecule has 0 aliphatic heterocycles. The van der Waals surface area contributed by atoms with Crippen molar-refractivity contribution >= 4 is 0 Å². The molecule has 1 aliphatic carbocycles. The van der Waals surface area contributed by atoms with Crippen molar-refractivity contribution < 1.29 is 4.39 Å². The molecule has 1 aliphatic rings. The number of hydrogen-bond donors (Lipinski definition) is 1. The highest BCUT2D eigenvalue weighted by Crippen LogP contribution is 2.24. The molecule has 1 fully saturated rings. The smallest absolute Gasteiger partial charge is 0.128 e. The van der Waals surface area contributed by atoms with Crippen LogP contribution in [0.2, 0.25) is 0 Å². The lowest BCUT2D eigenvalue weighted by atomic mass is 10.0. The maximum atomic E-state index is 13.9. The van der Waals surface area contributed by atoms with Gasteiger partial charge in [-0.15, -0.1) is 0 Å².